The maximum absolute atomic E-state index is 11.1. The number of phosphoric acid groups is 6. The standard InChI is InChI=1S/C6H18O24P6.3Ge/c7-31(8,9)25-1-2(26-32(10,11)12)4(28-34(16,17)18)6(30-36(22,23)24)5(29-35(19,20)21)3(1)27-33(13,14)15;;;/h1-6H,(H2,7,8,9)(H2,10,11,12)(H2,13,14,15)(H2,16,17,18)(H2,19,20,21)(H2,22,23,24);;;/q;3*+4/p-12/t1-,2-,3-,4+,5-,6-;;;. The van der Waals surface area contributed by atoms with Crippen molar-refractivity contribution in [3.63, 3.8) is 0 Å². The second-order valence-electron chi connectivity index (χ2n) is 6.10. The molecular formula is C6H6Ge3O24P6. The molecule has 1 aliphatic rings. The number of phosphoric ester groups is 6. The van der Waals surface area contributed by atoms with Crippen molar-refractivity contribution in [3.8, 4) is 0 Å². The van der Waals surface area contributed by atoms with Crippen LogP contribution in [0.5, 0.6) is 0 Å². The maximum atomic E-state index is 11.1. The third kappa shape index (κ3) is 18.6. The van der Waals surface area contributed by atoms with E-state index in [9.17, 15) is 86.1 Å². The Balaban J connectivity index is -0.00000432. The summed E-state index contributed by atoms with van der Waals surface area (Å²) in [6, 6.07) is 0. The predicted molar refractivity (Wildman–Crippen MR) is 92.1 cm³/mol. The fraction of sp³-hybridized carbons (Fsp3) is 1.00. The van der Waals surface area contributed by atoms with E-state index in [1.54, 1.807) is 0 Å². The molecular weight excluding hydrogens is 860 g/mol. The third-order valence-corrected chi connectivity index (χ3v) is 6.46. The normalized spacial score (nSPS) is 27.1. The molecule has 39 heavy (non-hydrogen) atoms. The van der Waals surface area contributed by atoms with E-state index < -0.39 is 83.6 Å². The minimum atomic E-state index is -6.68. The Kier molecular flexibility index (Phi) is 18.8. The van der Waals surface area contributed by atoms with Gasteiger partial charge in [0, 0.05) is 0 Å². The average molecular weight is 866 g/mol. The SMILES string of the molecule is O=P([O-])([O-])O[C@H]1[C@H](OP(=O)([O-])[O-])[C@@H](OP(=O)([O-])[O-])[C@H](OP(=O)([O-])[O-])[C@@H](OP(=O)([O-])[O-])[C@H]1OP(=O)([O-])[O-].[Ge+4].[Ge+4].[Ge+4]. The Hall–Kier alpha value is 2.29. The largest absolute Gasteiger partial charge is 4.00 e. The van der Waals surface area contributed by atoms with Gasteiger partial charge in [-0.05, 0) is 0 Å². The van der Waals surface area contributed by atoms with Gasteiger partial charge in [-0.2, -0.15) is 0 Å². The summed E-state index contributed by atoms with van der Waals surface area (Å²) in [5.74, 6) is 0. The average Bonchev–Trinajstić information content (AvgIpc) is 2.51. The molecule has 33 heteroatoms. The van der Waals surface area contributed by atoms with Crippen LogP contribution in [0.1, 0.15) is 0 Å². The summed E-state index contributed by atoms with van der Waals surface area (Å²) in [4.78, 5) is 133. The molecule has 0 bridgehead atoms. The zero-order chi connectivity index (χ0) is 28.7. The van der Waals surface area contributed by atoms with Gasteiger partial charge in [0.1, 0.15) is 36.6 Å². The van der Waals surface area contributed by atoms with Gasteiger partial charge in [-0.15, -0.1) is 0 Å². The molecule has 0 N–H and O–H groups in total. The third-order valence-electron chi connectivity index (χ3n) is 3.45. The predicted octanol–water partition coefficient (Wildman–Crippen LogP) is -11.9. The molecule has 0 aliphatic heterocycles. The second kappa shape index (κ2) is 16.0. The quantitative estimate of drug-likeness (QED) is 0.130. The molecule has 0 aromatic heterocycles. The van der Waals surface area contributed by atoms with E-state index in [-0.39, 0.29) is 52.8 Å². The van der Waals surface area contributed by atoms with Crippen molar-refractivity contribution >= 4 is 99.7 Å². The van der Waals surface area contributed by atoms with E-state index in [1.807, 2.05) is 0 Å². The Morgan fingerprint density at radius 3 is 0.410 bits per heavy atom. The van der Waals surface area contributed by atoms with E-state index in [4.69, 9.17) is 0 Å². The van der Waals surface area contributed by atoms with Gasteiger partial charge in [0.2, 0.25) is 0 Å². The Morgan fingerprint density at radius 1 is 0.282 bits per heavy atom. The molecule has 0 atom stereocenters. The van der Waals surface area contributed by atoms with Crippen molar-refractivity contribution in [1.29, 1.82) is 0 Å². The van der Waals surface area contributed by atoms with Crippen LogP contribution >= 0.6 is 46.9 Å². The first-order valence-corrected chi connectivity index (χ1v) is 16.6. The molecule has 0 spiro atoms. The van der Waals surface area contributed by atoms with Crippen LogP contribution in [0.15, 0.2) is 0 Å². The minimum absolute atomic E-state index is 0. The molecule has 0 aromatic rings. The van der Waals surface area contributed by atoms with E-state index in [1.165, 1.54) is 0 Å². The molecule has 216 valence electrons. The second-order valence-corrected chi connectivity index (χ2v) is 12.7. The number of hydrogen-bond donors (Lipinski definition) is 0. The van der Waals surface area contributed by atoms with Gasteiger partial charge in [-0.1, -0.05) is 0 Å². The Bertz CT molecular complexity index is 833. The summed E-state index contributed by atoms with van der Waals surface area (Å²) >= 11 is 0. The summed E-state index contributed by atoms with van der Waals surface area (Å²) in [5, 5.41) is 0. The van der Waals surface area contributed by atoms with E-state index >= 15 is 0 Å². The van der Waals surface area contributed by atoms with Crippen LogP contribution in [0.2, 0.25) is 0 Å². The van der Waals surface area contributed by atoms with Crippen molar-refractivity contribution in [1.82, 2.24) is 0 Å². The zero-order valence-corrected chi connectivity index (χ0v) is 29.1. The summed E-state index contributed by atoms with van der Waals surface area (Å²) in [7, 11) is -40.1. The van der Waals surface area contributed by atoms with E-state index in [0.29, 0.717) is 0 Å². The first-order valence-electron chi connectivity index (χ1n) is 7.80. The fourth-order valence-electron chi connectivity index (χ4n) is 2.74. The monoisotopic (exact) mass is 870 g/mol. The van der Waals surface area contributed by atoms with Crippen molar-refractivity contribution in [2.45, 2.75) is 36.6 Å². The molecule has 1 rings (SSSR count). The van der Waals surface area contributed by atoms with Crippen LogP contribution in [-0.4, -0.2) is 89.4 Å². The fourth-order valence-corrected chi connectivity index (χ4v) is 5.96. The molecule has 0 heterocycles. The summed E-state index contributed by atoms with van der Waals surface area (Å²) in [6.45, 7) is 0. The van der Waals surface area contributed by atoms with Gasteiger partial charge in [-0.25, -0.2) is 0 Å². The molecule has 1 fully saturated rings. The van der Waals surface area contributed by atoms with Crippen LogP contribution in [0.3, 0.4) is 0 Å². The molecule has 0 saturated heterocycles. The van der Waals surface area contributed by atoms with Crippen LogP contribution in [0, 0.1) is 0 Å². The Morgan fingerprint density at radius 2 is 0.359 bits per heavy atom. The van der Waals surface area contributed by atoms with Crippen molar-refractivity contribution in [2.24, 2.45) is 0 Å². The van der Waals surface area contributed by atoms with Crippen molar-refractivity contribution in [3.05, 3.63) is 0 Å². The number of hydrogen-bond acceptors (Lipinski definition) is 24. The smallest absolute Gasteiger partial charge is 0.790 e. The molecule has 24 nitrogen and oxygen atoms in total. The summed E-state index contributed by atoms with van der Waals surface area (Å²) in [6.07, 6.45) is -21.5. The van der Waals surface area contributed by atoms with Gasteiger partial charge < -0.3 is 113 Å². The van der Waals surface area contributed by atoms with Gasteiger partial charge >= 0.3 is 52.8 Å². The first-order chi connectivity index (χ1) is 15.6. The topological polar surface area (TPSA) is 435 Å². The molecule has 0 unspecified atom stereocenters. The van der Waals surface area contributed by atoms with Crippen LogP contribution in [0.25, 0.3) is 0 Å². The molecule has 1 aliphatic carbocycles. The molecule has 0 aromatic carbocycles. The van der Waals surface area contributed by atoms with Crippen LogP contribution < -0.4 is 58.7 Å². The van der Waals surface area contributed by atoms with Crippen LogP contribution in [0.4, 0.5) is 0 Å². The Labute approximate surface area is 248 Å². The summed E-state index contributed by atoms with van der Waals surface area (Å²) < 4.78 is 88.3. The van der Waals surface area contributed by atoms with Gasteiger partial charge in [0.15, 0.2) is 0 Å². The van der Waals surface area contributed by atoms with E-state index in [0.717, 1.165) is 0 Å². The number of rotatable bonds is 12. The van der Waals surface area contributed by atoms with Crippen molar-refractivity contribution in [2.75, 3.05) is 0 Å². The van der Waals surface area contributed by atoms with Gasteiger partial charge in [0.05, 0.1) is 46.9 Å². The minimum Gasteiger partial charge on any atom is -0.790 e. The first kappa shape index (κ1) is 45.7. The van der Waals surface area contributed by atoms with Crippen molar-refractivity contribution < 1.29 is 113 Å². The van der Waals surface area contributed by atoms with Gasteiger partial charge in [-0.3, -0.25) is 0 Å². The molecule has 0 amide bonds. The van der Waals surface area contributed by atoms with Gasteiger partial charge in [0.25, 0.3) is 0 Å². The zero-order valence-electron chi connectivity index (χ0n) is 17.4. The van der Waals surface area contributed by atoms with E-state index in [2.05, 4.69) is 27.1 Å². The molecule has 0 radical (unpaired) electrons. The summed E-state index contributed by atoms with van der Waals surface area (Å²) in [5.41, 5.74) is 0. The maximum Gasteiger partial charge on any atom is 4.00 e. The molecule has 1 saturated carbocycles. The van der Waals surface area contributed by atoms with Crippen LogP contribution in [-0.2, 0) is 54.5 Å².